The SMILES string of the molecule is CCc1ccccc1N[C@@H](c1ccccn1)c1ccc2cccnc2c1O. The maximum atomic E-state index is 11.0. The Balaban J connectivity index is 1.85. The van der Waals surface area contributed by atoms with E-state index in [9.17, 15) is 5.11 Å². The molecular formula is C23H21N3O. The number of phenolic OH excluding ortho intramolecular Hbond substituents is 1. The van der Waals surface area contributed by atoms with Crippen molar-refractivity contribution < 1.29 is 5.11 Å². The average molecular weight is 355 g/mol. The number of fused-ring (bicyclic) bond motifs is 1. The van der Waals surface area contributed by atoms with E-state index in [0.717, 1.165) is 28.8 Å². The number of pyridine rings is 2. The zero-order chi connectivity index (χ0) is 18.6. The molecule has 0 unspecified atom stereocenters. The minimum Gasteiger partial charge on any atom is -0.505 e. The summed E-state index contributed by atoms with van der Waals surface area (Å²) in [5.41, 5.74) is 4.45. The highest BCUT2D eigenvalue weighted by atomic mass is 16.3. The number of anilines is 1. The van der Waals surface area contributed by atoms with Crippen LogP contribution in [0.3, 0.4) is 0 Å². The van der Waals surface area contributed by atoms with Crippen molar-refractivity contribution in [2.45, 2.75) is 19.4 Å². The Morgan fingerprint density at radius 1 is 0.889 bits per heavy atom. The number of nitrogens with one attached hydrogen (secondary N) is 1. The Hall–Kier alpha value is -3.40. The lowest BCUT2D eigenvalue weighted by molar-refractivity contribution is 0.471. The second-order valence-electron chi connectivity index (χ2n) is 6.42. The second kappa shape index (κ2) is 7.46. The van der Waals surface area contributed by atoms with E-state index in [-0.39, 0.29) is 11.8 Å². The zero-order valence-electron chi connectivity index (χ0n) is 15.1. The summed E-state index contributed by atoms with van der Waals surface area (Å²) in [5, 5.41) is 15.5. The number of phenols is 1. The van der Waals surface area contributed by atoms with Gasteiger partial charge in [-0.3, -0.25) is 9.97 Å². The van der Waals surface area contributed by atoms with Crippen LogP contribution in [0.25, 0.3) is 10.9 Å². The molecule has 1 atom stereocenters. The number of nitrogens with zero attached hydrogens (tertiary/aromatic N) is 2. The predicted molar refractivity (Wildman–Crippen MR) is 109 cm³/mol. The third kappa shape index (κ3) is 3.34. The monoisotopic (exact) mass is 355 g/mol. The summed E-state index contributed by atoms with van der Waals surface area (Å²) in [6, 6.07) is 21.5. The summed E-state index contributed by atoms with van der Waals surface area (Å²) < 4.78 is 0. The molecule has 134 valence electrons. The van der Waals surface area contributed by atoms with Crippen LogP contribution in [0.4, 0.5) is 5.69 Å². The van der Waals surface area contributed by atoms with Crippen LogP contribution in [0.5, 0.6) is 5.75 Å². The van der Waals surface area contributed by atoms with E-state index in [1.165, 1.54) is 5.56 Å². The van der Waals surface area contributed by atoms with E-state index < -0.39 is 0 Å². The van der Waals surface area contributed by atoms with Crippen molar-refractivity contribution in [2.24, 2.45) is 0 Å². The molecule has 0 aliphatic rings. The van der Waals surface area contributed by atoms with Crippen molar-refractivity contribution in [3.05, 3.63) is 95.9 Å². The van der Waals surface area contributed by atoms with Gasteiger partial charge in [0.1, 0.15) is 11.3 Å². The van der Waals surface area contributed by atoms with Crippen molar-refractivity contribution in [1.29, 1.82) is 0 Å². The highest BCUT2D eigenvalue weighted by molar-refractivity contribution is 5.86. The van der Waals surface area contributed by atoms with Crippen LogP contribution in [0, 0.1) is 0 Å². The number of para-hydroxylation sites is 1. The third-order valence-electron chi connectivity index (χ3n) is 4.77. The summed E-state index contributed by atoms with van der Waals surface area (Å²) >= 11 is 0. The molecule has 2 heterocycles. The fourth-order valence-electron chi connectivity index (χ4n) is 3.36. The summed E-state index contributed by atoms with van der Waals surface area (Å²) in [6.45, 7) is 2.13. The van der Waals surface area contributed by atoms with Crippen LogP contribution in [0.15, 0.2) is 79.1 Å². The van der Waals surface area contributed by atoms with Crippen molar-refractivity contribution in [1.82, 2.24) is 9.97 Å². The largest absolute Gasteiger partial charge is 0.505 e. The van der Waals surface area contributed by atoms with E-state index in [1.54, 1.807) is 12.4 Å². The number of aromatic hydroxyl groups is 1. The number of hydrogen-bond donors (Lipinski definition) is 2. The van der Waals surface area contributed by atoms with Crippen LogP contribution >= 0.6 is 0 Å². The van der Waals surface area contributed by atoms with Gasteiger partial charge in [-0.25, -0.2) is 0 Å². The zero-order valence-corrected chi connectivity index (χ0v) is 15.1. The predicted octanol–water partition coefficient (Wildman–Crippen LogP) is 5.10. The van der Waals surface area contributed by atoms with Gasteiger partial charge in [-0.05, 0) is 36.2 Å². The molecule has 0 aliphatic heterocycles. The molecule has 27 heavy (non-hydrogen) atoms. The maximum absolute atomic E-state index is 11.0. The molecule has 4 nitrogen and oxygen atoms in total. The van der Waals surface area contributed by atoms with E-state index in [2.05, 4.69) is 34.3 Å². The number of aromatic nitrogens is 2. The van der Waals surface area contributed by atoms with Crippen LogP contribution in [0.1, 0.15) is 29.8 Å². The van der Waals surface area contributed by atoms with Gasteiger partial charge in [-0.2, -0.15) is 0 Å². The molecule has 4 heteroatoms. The second-order valence-corrected chi connectivity index (χ2v) is 6.42. The lowest BCUT2D eigenvalue weighted by Crippen LogP contribution is -2.15. The van der Waals surface area contributed by atoms with E-state index >= 15 is 0 Å². The Labute approximate surface area is 158 Å². The highest BCUT2D eigenvalue weighted by Crippen LogP contribution is 2.36. The molecule has 0 amide bonds. The smallest absolute Gasteiger partial charge is 0.147 e. The molecule has 0 saturated carbocycles. The highest BCUT2D eigenvalue weighted by Gasteiger charge is 2.21. The minimum atomic E-state index is -0.287. The normalized spacial score (nSPS) is 12.0. The molecule has 0 aliphatic carbocycles. The van der Waals surface area contributed by atoms with Crippen molar-refractivity contribution >= 4 is 16.6 Å². The van der Waals surface area contributed by atoms with Gasteiger partial charge in [0.05, 0.1) is 11.7 Å². The van der Waals surface area contributed by atoms with Gasteiger partial charge < -0.3 is 10.4 Å². The van der Waals surface area contributed by atoms with Crippen LogP contribution in [-0.2, 0) is 6.42 Å². The van der Waals surface area contributed by atoms with Crippen LogP contribution < -0.4 is 5.32 Å². The quantitative estimate of drug-likeness (QED) is 0.523. The van der Waals surface area contributed by atoms with Crippen molar-refractivity contribution in [3.8, 4) is 5.75 Å². The topological polar surface area (TPSA) is 58.0 Å². The standard InChI is InChI=1S/C23H21N3O/c1-2-16-8-3-4-10-19(16)26-22(20-11-5-6-14-24-20)18-13-12-17-9-7-15-25-21(17)23(18)27/h3-15,22,26-27H,2H2,1H3/t22-/m1/s1. The molecule has 4 rings (SSSR count). The molecule has 2 N–H and O–H groups in total. The van der Waals surface area contributed by atoms with Gasteiger partial charge >= 0.3 is 0 Å². The Kier molecular flexibility index (Phi) is 4.71. The number of benzene rings is 2. The molecule has 4 aromatic rings. The molecule has 0 saturated heterocycles. The first-order chi connectivity index (χ1) is 13.3. The van der Waals surface area contributed by atoms with Gasteiger partial charge in [0.25, 0.3) is 0 Å². The van der Waals surface area contributed by atoms with Gasteiger partial charge in [-0.15, -0.1) is 0 Å². The molecule has 0 spiro atoms. The molecule has 0 fully saturated rings. The van der Waals surface area contributed by atoms with Crippen molar-refractivity contribution in [3.63, 3.8) is 0 Å². The Morgan fingerprint density at radius 3 is 2.52 bits per heavy atom. The summed E-state index contributed by atoms with van der Waals surface area (Å²) in [7, 11) is 0. The fourth-order valence-corrected chi connectivity index (χ4v) is 3.36. The molecular weight excluding hydrogens is 334 g/mol. The lowest BCUT2D eigenvalue weighted by atomic mass is 9.98. The minimum absolute atomic E-state index is 0.185. The first kappa shape index (κ1) is 17.0. The van der Waals surface area contributed by atoms with Gasteiger partial charge in [-0.1, -0.05) is 49.4 Å². The third-order valence-corrected chi connectivity index (χ3v) is 4.77. The lowest BCUT2D eigenvalue weighted by Gasteiger charge is -2.23. The molecule has 0 bridgehead atoms. The van der Waals surface area contributed by atoms with E-state index in [0.29, 0.717) is 5.52 Å². The number of aryl methyl sites for hydroxylation is 1. The van der Waals surface area contributed by atoms with E-state index in [1.807, 2.05) is 54.6 Å². The van der Waals surface area contributed by atoms with Crippen molar-refractivity contribution in [2.75, 3.05) is 5.32 Å². The molecule has 2 aromatic heterocycles. The average Bonchev–Trinajstić information content (AvgIpc) is 2.74. The summed E-state index contributed by atoms with van der Waals surface area (Å²) in [6.07, 6.45) is 4.39. The maximum Gasteiger partial charge on any atom is 0.147 e. The summed E-state index contributed by atoms with van der Waals surface area (Å²) in [4.78, 5) is 8.89. The Morgan fingerprint density at radius 2 is 1.70 bits per heavy atom. The fraction of sp³-hybridized carbons (Fsp3) is 0.130. The number of rotatable bonds is 5. The van der Waals surface area contributed by atoms with Gasteiger partial charge in [0.2, 0.25) is 0 Å². The van der Waals surface area contributed by atoms with E-state index in [4.69, 9.17) is 0 Å². The first-order valence-corrected chi connectivity index (χ1v) is 9.10. The summed E-state index contributed by atoms with van der Waals surface area (Å²) in [5.74, 6) is 0.185. The van der Waals surface area contributed by atoms with Gasteiger partial charge in [0.15, 0.2) is 0 Å². The molecule has 0 radical (unpaired) electrons. The number of hydrogen-bond acceptors (Lipinski definition) is 4. The Bertz CT molecular complexity index is 1060. The van der Waals surface area contributed by atoms with Crippen LogP contribution in [0.2, 0.25) is 0 Å². The molecule has 2 aromatic carbocycles. The van der Waals surface area contributed by atoms with Crippen LogP contribution in [-0.4, -0.2) is 15.1 Å². The van der Waals surface area contributed by atoms with Gasteiger partial charge in [0, 0.05) is 29.0 Å². The first-order valence-electron chi connectivity index (χ1n) is 9.10.